The van der Waals surface area contributed by atoms with Crippen LogP contribution in [0.1, 0.15) is 59.6 Å². The molecule has 1 saturated heterocycles. The number of nitrogens with zero attached hydrogens (tertiary/aromatic N) is 3. The molecule has 0 saturated carbocycles. The summed E-state index contributed by atoms with van der Waals surface area (Å²) in [6, 6.07) is 11.9. The number of methoxy groups -OCH3 is 1. The maximum absolute atomic E-state index is 13.4. The fraction of sp³-hybridized carbons (Fsp3) is 0.444. The second-order valence-corrected chi connectivity index (χ2v) is 9.10. The van der Waals surface area contributed by atoms with E-state index in [0.29, 0.717) is 18.0 Å². The first-order valence-electron chi connectivity index (χ1n) is 12.1. The topological polar surface area (TPSA) is 75.9 Å². The van der Waals surface area contributed by atoms with Gasteiger partial charge >= 0.3 is 0 Å². The largest absolute Gasteiger partial charge is 0.497 e. The lowest BCUT2D eigenvalue weighted by atomic mass is 9.87. The van der Waals surface area contributed by atoms with Crippen molar-refractivity contribution >= 4 is 17.3 Å². The highest BCUT2D eigenvalue weighted by atomic mass is 16.5. The minimum atomic E-state index is -0.0984. The summed E-state index contributed by atoms with van der Waals surface area (Å²) in [5.74, 6) is 1.25. The minimum absolute atomic E-state index is 0.0984. The number of carbonyl (C=O) groups is 2. The van der Waals surface area contributed by atoms with Gasteiger partial charge in [0.05, 0.1) is 23.9 Å². The molecule has 0 spiro atoms. The molecule has 7 heteroatoms. The quantitative estimate of drug-likeness (QED) is 0.577. The number of likely N-dealkylation sites (tertiary alicyclic amines) is 1. The van der Waals surface area contributed by atoms with E-state index in [1.54, 1.807) is 14.0 Å². The van der Waals surface area contributed by atoms with Gasteiger partial charge in [0, 0.05) is 32.3 Å². The predicted molar refractivity (Wildman–Crippen MR) is 132 cm³/mol. The molecule has 34 heavy (non-hydrogen) atoms. The first-order valence-corrected chi connectivity index (χ1v) is 12.1. The van der Waals surface area contributed by atoms with E-state index in [-0.39, 0.29) is 11.8 Å². The third-order valence-electron chi connectivity index (χ3n) is 6.91. The number of aromatic nitrogens is 2. The number of carbonyl (C=O) groups excluding carboxylic acids is 2. The summed E-state index contributed by atoms with van der Waals surface area (Å²) in [7, 11) is 1.64. The van der Waals surface area contributed by atoms with Crippen molar-refractivity contribution in [2.45, 2.75) is 53.0 Å². The van der Waals surface area contributed by atoms with Crippen LogP contribution in [0, 0.1) is 12.8 Å². The molecular weight excluding hydrogens is 428 g/mol. The van der Waals surface area contributed by atoms with E-state index < -0.39 is 0 Å². The maximum Gasteiger partial charge on any atom is 0.253 e. The van der Waals surface area contributed by atoms with Crippen LogP contribution in [0.15, 0.2) is 36.4 Å². The molecule has 3 aromatic rings. The Bertz CT molecular complexity index is 1170. The molecule has 1 N–H and O–H groups in total. The number of benzene rings is 1. The normalized spacial score (nSPS) is 14.4. The second kappa shape index (κ2) is 10.3. The molecule has 2 aromatic heterocycles. The Balaban J connectivity index is 1.61. The van der Waals surface area contributed by atoms with Crippen LogP contribution in [0.3, 0.4) is 0 Å². The Hall–Kier alpha value is -3.35. The summed E-state index contributed by atoms with van der Waals surface area (Å²) >= 11 is 0. The van der Waals surface area contributed by atoms with E-state index in [9.17, 15) is 9.59 Å². The number of piperidine rings is 1. The highest BCUT2D eigenvalue weighted by molar-refractivity contribution is 5.98. The van der Waals surface area contributed by atoms with Gasteiger partial charge in [0.1, 0.15) is 5.75 Å². The van der Waals surface area contributed by atoms with Gasteiger partial charge in [-0.25, -0.2) is 4.52 Å². The zero-order chi connectivity index (χ0) is 24.2. The van der Waals surface area contributed by atoms with E-state index in [2.05, 4.69) is 24.4 Å². The van der Waals surface area contributed by atoms with Crippen molar-refractivity contribution in [1.82, 2.24) is 19.8 Å². The van der Waals surface area contributed by atoms with Crippen molar-refractivity contribution in [3.05, 3.63) is 64.5 Å². The van der Waals surface area contributed by atoms with Crippen molar-refractivity contribution in [3.8, 4) is 5.75 Å². The van der Waals surface area contributed by atoms with Crippen molar-refractivity contribution in [2.24, 2.45) is 5.92 Å². The van der Waals surface area contributed by atoms with Crippen molar-refractivity contribution in [3.63, 3.8) is 0 Å². The predicted octanol–water partition coefficient (Wildman–Crippen LogP) is 3.94. The third-order valence-corrected chi connectivity index (χ3v) is 6.91. The van der Waals surface area contributed by atoms with Crippen LogP contribution in [0.25, 0.3) is 5.52 Å². The molecule has 0 bridgehead atoms. The molecule has 3 heterocycles. The van der Waals surface area contributed by atoms with Crippen LogP contribution in [-0.2, 0) is 24.2 Å². The molecule has 0 unspecified atom stereocenters. The molecule has 1 aliphatic rings. The highest BCUT2D eigenvalue weighted by Crippen LogP contribution is 2.28. The van der Waals surface area contributed by atoms with Gasteiger partial charge in [-0.15, -0.1) is 0 Å². The standard InChI is InChI=1S/C27H34N4O3/c1-5-22-8-11-25-24(16-20-12-14-30(15-13-20)19(3)32)26(18(2)29-31(22)25)27(33)28-17-21-6-9-23(34-4)10-7-21/h6-11,20H,5,12-17H2,1-4H3,(H,28,33). The maximum atomic E-state index is 13.4. The minimum Gasteiger partial charge on any atom is -0.497 e. The van der Waals surface area contributed by atoms with Crippen LogP contribution >= 0.6 is 0 Å². The molecule has 1 aliphatic heterocycles. The van der Waals surface area contributed by atoms with Gasteiger partial charge in [0.15, 0.2) is 0 Å². The summed E-state index contributed by atoms with van der Waals surface area (Å²) < 4.78 is 7.22. The van der Waals surface area contributed by atoms with E-state index in [1.165, 1.54) is 0 Å². The van der Waals surface area contributed by atoms with Crippen molar-refractivity contribution in [2.75, 3.05) is 20.2 Å². The lowest BCUT2D eigenvalue weighted by Crippen LogP contribution is -2.37. The molecular formula is C27H34N4O3. The van der Waals surface area contributed by atoms with Gasteiger partial charge in [-0.2, -0.15) is 5.10 Å². The number of hydrogen-bond acceptors (Lipinski definition) is 4. The van der Waals surface area contributed by atoms with Crippen LogP contribution in [0.2, 0.25) is 0 Å². The summed E-state index contributed by atoms with van der Waals surface area (Å²) in [4.78, 5) is 27.1. The zero-order valence-corrected chi connectivity index (χ0v) is 20.6. The molecule has 0 aliphatic carbocycles. The Labute approximate surface area is 201 Å². The Morgan fingerprint density at radius 3 is 2.44 bits per heavy atom. The van der Waals surface area contributed by atoms with Gasteiger partial charge in [-0.3, -0.25) is 9.59 Å². The average Bonchev–Trinajstić information content (AvgIpc) is 3.26. The van der Waals surface area contributed by atoms with Crippen LogP contribution in [-0.4, -0.2) is 46.5 Å². The lowest BCUT2D eigenvalue weighted by molar-refractivity contribution is -0.130. The first-order chi connectivity index (χ1) is 16.4. The van der Waals surface area contributed by atoms with Gasteiger partial charge in [-0.1, -0.05) is 19.1 Å². The van der Waals surface area contributed by atoms with Crippen molar-refractivity contribution < 1.29 is 14.3 Å². The number of amides is 2. The Morgan fingerprint density at radius 1 is 1.12 bits per heavy atom. The third kappa shape index (κ3) is 4.93. The molecule has 180 valence electrons. The zero-order valence-electron chi connectivity index (χ0n) is 20.6. The average molecular weight is 463 g/mol. The molecule has 0 atom stereocenters. The fourth-order valence-corrected chi connectivity index (χ4v) is 4.89. The van der Waals surface area contributed by atoms with Crippen LogP contribution in [0.5, 0.6) is 5.75 Å². The van der Waals surface area contributed by atoms with Crippen LogP contribution < -0.4 is 10.1 Å². The molecule has 7 nitrogen and oxygen atoms in total. The number of ether oxygens (including phenoxy) is 1. The summed E-state index contributed by atoms with van der Waals surface area (Å²) in [5, 5.41) is 7.88. The lowest BCUT2D eigenvalue weighted by Gasteiger charge is -2.31. The summed E-state index contributed by atoms with van der Waals surface area (Å²) in [6.45, 7) is 7.66. The van der Waals surface area contributed by atoms with Gasteiger partial charge in [-0.05, 0) is 73.9 Å². The van der Waals surface area contributed by atoms with E-state index >= 15 is 0 Å². The van der Waals surface area contributed by atoms with E-state index in [0.717, 1.165) is 72.6 Å². The second-order valence-electron chi connectivity index (χ2n) is 9.10. The number of hydrogen-bond donors (Lipinski definition) is 1. The highest BCUT2D eigenvalue weighted by Gasteiger charge is 2.26. The smallest absolute Gasteiger partial charge is 0.253 e. The number of nitrogens with one attached hydrogen (secondary N) is 1. The molecule has 2 amide bonds. The van der Waals surface area contributed by atoms with Gasteiger partial charge in [0.25, 0.3) is 5.91 Å². The van der Waals surface area contributed by atoms with Crippen LogP contribution in [0.4, 0.5) is 0 Å². The molecule has 0 radical (unpaired) electrons. The summed E-state index contributed by atoms with van der Waals surface area (Å²) in [5.41, 5.74) is 5.62. The Morgan fingerprint density at radius 2 is 1.82 bits per heavy atom. The van der Waals surface area contributed by atoms with E-state index in [4.69, 9.17) is 9.84 Å². The molecule has 4 rings (SSSR count). The molecule has 1 aromatic carbocycles. The van der Waals surface area contributed by atoms with E-state index in [1.807, 2.05) is 40.6 Å². The number of fused-ring (bicyclic) bond motifs is 1. The van der Waals surface area contributed by atoms with Gasteiger partial charge in [0.2, 0.25) is 5.91 Å². The monoisotopic (exact) mass is 462 g/mol. The Kier molecular flexibility index (Phi) is 7.20. The number of rotatable bonds is 7. The SMILES string of the molecule is CCc1ccc2c(CC3CCN(C(C)=O)CC3)c(C(=O)NCc3ccc(OC)cc3)c(C)nn12. The van der Waals surface area contributed by atoms with Crippen molar-refractivity contribution in [1.29, 1.82) is 0 Å². The fourth-order valence-electron chi connectivity index (χ4n) is 4.89. The first kappa shape index (κ1) is 23.8. The molecule has 1 fully saturated rings. The van der Waals surface area contributed by atoms with Gasteiger partial charge < -0.3 is 15.0 Å². The number of aryl methyl sites for hydroxylation is 2. The summed E-state index contributed by atoms with van der Waals surface area (Å²) in [6.07, 6.45) is 3.57.